The molecule has 2 N–H and O–H groups in total. The summed E-state index contributed by atoms with van der Waals surface area (Å²) in [6.07, 6.45) is -4.39. The van der Waals surface area contributed by atoms with Crippen molar-refractivity contribution >= 4 is 35.8 Å². The second-order valence-corrected chi connectivity index (χ2v) is 5.82. The van der Waals surface area contributed by atoms with E-state index in [1.807, 2.05) is 6.92 Å². The number of hydrogen-bond donors (Lipinski definition) is 2. The molecule has 0 saturated heterocycles. The molecule has 9 heteroatoms. The van der Waals surface area contributed by atoms with Crippen LogP contribution in [-0.4, -0.2) is 44.0 Å². The van der Waals surface area contributed by atoms with Crippen LogP contribution < -0.4 is 10.6 Å². The predicted molar refractivity (Wildman–Crippen MR) is 108 cm³/mol. The van der Waals surface area contributed by atoms with E-state index in [9.17, 15) is 18.0 Å². The zero-order chi connectivity index (χ0) is 19.0. The zero-order valence-electron chi connectivity index (χ0n) is 15.0. The van der Waals surface area contributed by atoms with Crippen molar-refractivity contribution in [3.05, 3.63) is 47.5 Å². The third-order valence-electron chi connectivity index (χ3n) is 3.14. The fourth-order valence-corrected chi connectivity index (χ4v) is 1.74. The van der Waals surface area contributed by atoms with E-state index in [2.05, 4.69) is 22.2 Å². The number of aliphatic imine (C=N–C) groups is 1. The van der Waals surface area contributed by atoms with Crippen molar-refractivity contribution < 1.29 is 18.0 Å². The molecule has 26 heavy (non-hydrogen) atoms. The Morgan fingerprint density at radius 2 is 1.85 bits per heavy atom. The van der Waals surface area contributed by atoms with E-state index in [0.717, 1.165) is 17.7 Å². The topological polar surface area (TPSA) is 56.7 Å². The Morgan fingerprint density at radius 1 is 1.23 bits per heavy atom. The van der Waals surface area contributed by atoms with Gasteiger partial charge in [-0.2, -0.15) is 13.2 Å². The minimum absolute atomic E-state index is 0. The van der Waals surface area contributed by atoms with E-state index in [0.29, 0.717) is 18.1 Å². The first-order chi connectivity index (χ1) is 11.6. The second-order valence-electron chi connectivity index (χ2n) is 5.82. The van der Waals surface area contributed by atoms with E-state index in [1.54, 1.807) is 20.2 Å². The van der Waals surface area contributed by atoms with Crippen LogP contribution in [0.1, 0.15) is 18.1 Å². The number of halogens is 4. The lowest BCUT2D eigenvalue weighted by Gasteiger charge is -2.15. The molecule has 0 unspecified atom stereocenters. The molecule has 0 fully saturated rings. The van der Waals surface area contributed by atoms with E-state index in [4.69, 9.17) is 0 Å². The van der Waals surface area contributed by atoms with Crippen molar-refractivity contribution in [3.8, 4) is 0 Å². The Kier molecular flexibility index (Phi) is 10.3. The Morgan fingerprint density at radius 3 is 2.38 bits per heavy atom. The number of carbonyl (C=O) groups is 1. The van der Waals surface area contributed by atoms with Gasteiger partial charge in [-0.1, -0.05) is 24.3 Å². The van der Waals surface area contributed by atoms with Crippen LogP contribution in [0.4, 0.5) is 13.2 Å². The molecule has 0 aromatic heterocycles. The van der Waals surface area contributed by atoms with E-state index in [1.165, 1.54) is 11.0 Å². The standard InChI is InChI=1S/C17H23F3N4O.HI/c1-12(2)9-21-16(23-11-15(25)24(3)4)22-10-13-6-5-7-14(8-13)17(18,19)20;/h5-8H,1,9-11H2,2-4H3,(H2,21,22,23);1H. The molecular weight excluding hydrogens is 460 g/mol. The lowest BCUT2D eigenvalue weighted by atomic mass is 10.1. The van der Waals surface area contributed by atoms with E-state index < -0.39 is 11.7 Å². The van der Waals surface area contributed by atoms with Gasteiger partial charge in [0.2, 0.25) is 5.91 Å². The molecule has 0 spiro atoms. The smallest absolute Gasteiger partial charge is 0.353 e. The summed E-state index contributed by atoms with van der Waals surface area (Å²) in [4.78, 5) is 17.3. The molecule has 5 nitrogen and oxygen atoms in total. The average Bonchev–Trinajstić information content (AvgIpc) is 2.53. The van der Waals surface area contributed by atoms with Crippen molar-refractivity contribution in [2.75, 3.05) is 27.2 Å². The molecule has 0 aliphatic carbocycles. The van der Waals surface area contributed by atoms with Gasteiger partial charge in [-0.15, -0.1) is 24.0 Å². The number of hydrogen-bond acceptors (Lipinski definition) is 2. The van der Waals surface area contributed by atoms with Crippen LogP contribution in [0, 0.1) is 0 Å². The number of nitrogens with zero attached hydrogens (tertiary/aromatic N) is 2. The van der Waals surface area contributed by atoms with Crippen LogP contribution in [0.2, 0.25) is 0 Å². The first kappa shape index (κ1) is 24.2. The zero-order valence-corrected chi connectivity index (χ0v) is 17.3. The van der Waals surface area contributed by atoms with Crippen LogP contribution in [0.3, 0.4) is 0 Å². The molecule has 0 atom stereocenters. The minimum atomic E-state index is -4.39. The molecule has 1 aromatic carbocycles. The summed E-state index contributed by atoms with van der Waals surface area (Å²) in [5, 5.41) is 5.83. The van der Waals surface area contributed by atoms with Crippen molar-refractivity contribution in [2.45, 2.75) is 19.6 Å². The van der Waals surface area contributed by atoms with Crippen molar-refractivity contribution in [2.24, 2.45) is 4.99 Å². The maximum atomic E-state index is 12.7. The van der Waals surface area contributed by atoms with Crippen molar-refractivity contribution in [1.29, 1.82) is 0 Å². The molecule has 0 aliphatic heterocycles. The van der Waals surface area contributed by atoms with Gasteiger partial charge in [-0.3, -0.25) is 4.79 Å². The van der Waals surface area contributed by atoms with Crippen LogP contribution in [0.5, 0.6) is 0 Å². The fourth-order valence-electron chi connectivity index (χ4n) is 1.74. The molecule has 1 amide bonds. The van der Waals surface area contributed by atoms with Crippen LogP contribution in [0.25, 0.3) is 0 Å². The maximum Gasteiger partial charge on any atom is 0.416 e. The van der Waals surface area contributed by atoms with Gasteiger partial charge in [0.1, 0.15) is 0 Å². The van der Waals surface area contributed by atoms with Gasteiger partial charge in [0.25, 0.3) is 0 Å². The molecule has 146 valence electrons. The number of alkyl halides is 3. The number of carbonyl (C=O) groups excluding carboxylic acids is 1. The van der Waals surface area contributed by atoms with Crippen molar-refractivity contribution in [3.63, 3.8) is 0 Å². The largest absolute Gasteiger partial charge is 0.416 e. The Bertz CT molecular complexity index is 645. The summed E-state index contributed by atoms with van der Waals surface area (Å²) in [7, 11) is 3.26. The Labute approximate surface area is 168 Å². The van der Waals surface area contributed by atoms with E-state index >= 15 is 0 Å². The van der Waals surface area contributed by atoms with Crippen LogP contribution in [0.15, 0.2) is 41.4 Å². The molecule has 0 aliphatic rings. The van der Waals surface area contributed by atoms with Gasteiger partial charge in [0.15, 0.2) is 5.96 Å². The summed E-state index contributed by atoms with van der Waals surface area (Å²) >= 11 is 0. The van der Waals surface area contributed by atoms with Crippen LogP contribution in [-0.2, 0) is 17.5 Å². The molecule has 1 aromatic rings. The molecule has 0 heterocycles. The number of amides is 1. The highest BCUT2D eigenvalue weighted by atomic mass is 127. The van der Waals surface area contributed by atoms with Gasteiger partial charge in [0, 0.05) is 20.6 Å². The Hall–Kier alpha value is -1.78. The monoisotopic (exact) mass is 484 g/mol. The number of benzene rings is 1. The average molecular weight is 484 g/mol. The number of nitrogens with one attached hydrogen (secondary N) is 2. The SMILES string of the molecule is C=C(C)CNC(=NCc1cccc(C(F)(F)F)c1)NCC(=O)N(C)C.I. The molecule has 0 radical (unpaired) electrons. The first-order valence-electron chi connectivity index (χ1n) is 7.62. The third-order valence-corrected chi connectivity index (χ3v) is 3.14. The summed E-state index contributed by atoms with van der Waals surface area (Å²) < 4.78 is 38.2. The van der Waals surface area contributed by atoms with Gasteiger partial charge in [-0.25, -0.2) is 4.99 Å². The van der Waals surface area contributed by atoms with E-state index in [-0.39, 0.29) is 43.0 Å². The third kappa shape index (κ3) is 9.07. The quantitative estimate of drug-likeness (QED) is 0.283. The number of guanidine groups is 1. The predicted octanol–water partition coefficient (Wildman–Crippen LogP) is 3.02. The van der Waals surface area contributed by atoms with Crippen molar-refractivity contribution in [1.82, 2.24) is 15.5 Å². The number of rotatable bonds is 6. The normalized spacial score (nSPS) is 11.4. The Balaban J connectivity index is 0.00000625. The molecule has 0 saturated carbocycles. The molecule has 1 rings (SSSR count). The minimum Gasteiger partial charge on any atom is -0.353 e. The van der Waals surface area contributed by atoms with Gasteiger partial charge < -0.3 is 15.5 Å². The lowest BCUT2D eigenvalue weighted by molar-refractivity contribution is -0.137. The van der Waals surface area contributed by atoms with Gasteiger partial charge in [-0.05, 0) is 24.6 Å². The van der Waals surface area contributed by atoms with Gasteiger partial charge >= 0.3 is 6.18 Å². The fraction of sp³-hybridized carbons (Fsp3) is 0.412. The maximum absolute atomic E-state index is 12.7. The highest BCUT2D eigenvalue weighted by Gasteiger charge is 2.30. The molecule has 0 bridgehead atoms. The van der Waals surface area contributed by atoms with Crippen LogP contribution >= 0.6 is 24.0 Å². The summed E-state index contributed by atoms with van der Waals surface area (Å²) in [5.74, 6) is 0.180. The summed E-state index contributed by atoms with van der Waals surface area (Å²) in [5.41, 5.74) is 0.560. The lowest BCUT2D eigenvalue weighted by Crippen LogP contribution is -2.43. The second kappa shape index (κ2) is 11.0. The summed E-state index contributed by atoms with van der Waals surface area (Å²) in [6.45, 7) is 6.09. The summed E-state index contributed by atoms with van der Waals surface area (Å²) in [6, 6.07) is 4.99. The molecular formula is C17H24F3IN4O. The number of likely N-dealkylation sites (N-methyl/N-ethyl adjacent to an activating group) is 1. The van der Waals surface area contributed by atoms with Gasteiger partial charge in [0.05, 0.1) is 18.7 Å². The highest BCUT2D eigenvalue weighted by Crippen LogP contribution is 2.29. The highest BCUT2D eigenvalue weighted by molar-refractivity contribution is 14.0. The first-order valence-corrected chi connectivity index (χ1v) is 7.62.